The summed E-state index contributed by atoms with van der Waals surface area (Å²) >= 11 is 5.75. The van der Waals surface area contributed by atoms with E-state index in [9.17, 15) is 4.39 Å². The minimum absolute atomic E-state index is 0.0677. The zero-order valence-corrected chi connectivity index (χ0v) is 10.7. The molecule has 0 spiro atoms. The number of halogens is 2. The molecule has 0 aliphatic heterocycles. The van der Waals surface area contributed by atoms with Crippen LogP contribution in [0.1, 0.15) is 24.2 Å². The summed E-state index contributed by atoms with van der Waals surface area (Å²) < 4.78 is 13.0. The molecule has 0 aliphatic rings. The highest BCUT2D eigenvalue weighted by molar-refractivity contribution is 6.30. The highest BCUT2D eigenvalue weighted by atomic mass is 35.5. The summed E-state index contributed by atoms with van der Waals surface area (Å²) in [6, 6.07) is 6.64. The van der Waals surface area contributed by atoms with E-state index < -0.39 is 5.82 Å². The fourth-order valence-corrected chi connectivity index (χ4v) is 1.77. The summed E-state index contributed by atoms with van der Waals surface area (Å²) in [5.41, 5.74) is 1.85. The van der Waals surface area contributed by atoms with Crippen molar-refractivity contribution in [2.45, 2.75) is 19.5 Å². The lowest BCUT2D eigenvalue weighted by Crippen LogP contribution is -2.18. The molecule has 0 amide bonds. The van der Waals surface area contributed by atoms with E-state index in [4.69, 9.17) is 11.6 Å². The molecule has 94 valence electrons. The predicted octanol–water partition coefficient (Wildman–Crippen LogP) is 3.12. The van der Waals surface area contributed by atoms with Crippen molar-refractivity contribution in [2.24, 2.45) is 0 Å². The first-order valence-corrected chi connectivity index (χ1v) is 5.98. The number of nitrogens with one attached hydrogen (secondary N) is 1. The van der Waals surface area contributed by atoms with Gasteiger partial charge in [-0.25, -0.2) is 14.4 Å². The first-order valence-electron chi connectivity index (χ1n) is 5.60. The summed E-state index contributed by atoms with van der Waals surface area (Å²) in [5, 5.41) is 3.43. The normalized spacial score (nSPS) is 12.4. The molecule has 0 radical (unpaired) electrons. The lowest BCUT2D eigenvalue weighted by Gasteiger charge is -2.14. The van der Waals surface area contributed by atoms with Crippen molar-refractivity contribution in [3.63, 3.8) is 0 Å². The van der Waals surface area contributed by atoms with E-state index in [2.05, 4.69) is 15.3 Å². The molecule has 0 saturated carbocycles. The van der Waals surface area contributed by atoms with Crippen molar-refractivity contribution < 1.29 is 4.39 Å². The molecule has 0 aliphatic carbocycles. The lowest BCUT2D eigenvalue weighted by atomic mass is 10.1. The zero-order chi connectivity index (χ0) is 13.0. The van der Waals surface area contributed by atoms with Gasteiger partial charge in [-0.15, -0.1) is 0 Å². The molecule has 0 bridgehead atoms. The molecule has 0 fully saturated rings. The van der Waals surface area contributed by atoms with E-state index >= 15 is 0 Å². The van der Waals surface area contributed by atoms with Gasteiger partial charge in [-0.05, 0) is 30.7 Å². The number of rotatable bonds is 4. The molecule has 0 saturated heterocycles. The molecule has 2 rings (SSSR count). The third-order valence-electron chi connectivity index (χ3n) is 2.68. The fraction of sp³-hybridized carbons (Fsp3) is 0.231. The average Bonchev–Trinajstić information content (AvgIpc) is 2.40. The Labute approximate surface area is 110 Å². The Morgan fingerprint density at radius 2 is 2.22 bits per heavy atom. The molecular weight excluding hydrogens is 253 g/mol. The van der Waals surface area contributed by atoms with Crippen LogP contribution >= 0.6 is 11.6 Å². The molecule has 1 unspecified atom stereocenters. The number of hydrogen-bond donors (Lipinski definition) is 1. The van der Waals surface area contributed by atoms with Gasteiger partial charge < -0.3 is 5.32 Å². The van der Waals surface area contributed by atoms with Crippen LogP contribution in [-0.4, -0.2) is 9.97 Å². The van der Waals surface area contributed by atoms with Gasteiger partial charge in [0.25, 0.3) is 0 Å². The fourth-order valence-electron chi connectivity index (χ4n) is 1.58. The second-order valence-corrected chi connectivity index (χ2v) is 4.38. The van der Waals surface area contributed by atoms with Gasteiger partial charge >= 0.3 is 0 Å². The zero-order valence-electron chi connectivity index (χ0n) is 9.90. The number of nitrogens with zero attached hydrogens (tertiary/aromatic N) is 2. The maximum atomic E-state index is 13.0. The second kappa shape index (κ2) is 5.89. The minimum Gasteiger partial charge on any atom is -0.305 e. The van der Waals surface area contributed by atoms with Gasteiger partial charge in [-0.3, -0.25) is 0 Å². The monoisotopic (exact) mass is 265 g/mol. The molecule has 1 N–H and O–H groups in total. The number of aromatic nitrogens is 2. The largest absolute Gasteiger partial charge is 0.305 e. The molecule has 1 aromatic carbocycles. The van der Waals surface area contributed by atoms with Crippen LogP contribution in [0.5, 0.6) is 0 Å². The third kappa shape index (κ3) is 3.24. The Kier molecular flexibility index (Phi) is 4.23. The van der Waals surface area contributed by atoms with Crippen molar-refractivity contribution in [3.05, 3.63) is 58.9 Å². The van der Waals surface area contributed by atoms with Crippen molar-refractivity contribution >= 4 is 11.6 Å². The van der Waals surface area contributed by atoms with Gasteiger partial charge in [0.2, 0.25) is 0 Å². The van der Waals surface area contributed by atoms with Crippen LogP contribution in [0.25, 0.3) is 0 Å². The summed E-state index contributed by atoms with van der Waals surface area (Å²) in [5.74, 6) is -0.400. The topological polar surface area (TPSA) is 37.8 Å². The summed E-state index contributed by atoms with van der Waals surface area (Å²) in [7, 11) is 0. The second-order valence-electron chi connectivity index (χ2n) is 3.98. The predicted molar refractivity (Wildman–Crippen MR) is 68.7 cm³/mol. The van der Waals surface area contributed by atoms with E-state index in [1.54, 1.807) is 18.3 Å². The maximum absolute atomic E-state index is 13.0. The Morgan fingerprint density at radius 3 is 2.89 bits per heavy atom. The molecule has 1 aromatic heterocycles. The molecule has 1 heterocycles. The highest BCUT2D eigenvalue weighted by Gasteiger charge is 2.08. The van der Waals surface area contributed by atoms with E-state index in [0.29, 0.717) is 6.54 Å². The standard InChI is InChI=1S/C13H13ClFN3/c1-9(10-2-3-13(15)12(14)6-10)17-7-11-4-5-16-8-18-11/h2-6,8-9,17H,7H2,1H3. The average molecular weight is 266 g/mol. The van der Waals surface area contributed by atoms with Crippen LogP contribution in [0.15, 0.2) is 36.8 Å². The van der Waals surface area contributed by atoms with Crippen LogP contribution in [0.4, 0.5) is 4.39 Å². The lowest BCUT2D eigenvalue weighted by molar-refractivity contribution is 0.564. The van der Waals surface area contributed by atoms with Gasteiger partial charge in [0.05, 0.1) is 10.7 Å². The first-order chi connectivity index (χ1) is 8.66. The van der Waals surface area contributed by atoms with E-state index in [1.807, 2.05) is 13.0 Å². The van der Waals surface area contributed by atoms with Crippen LogP contribution in [-0.2, 0) is 6.54 Å². The number of hydrogen-bond acceptors (Lipinski definition) is 3. The Balaban J connectivity index is 1.99. The Hall–Kier alpha value is -1.52. The summed E-state index contributed by atoms with van der Waals surface area (Å²) in [4.78, 5) is 7.97. The van der Waals surface area contributed by atoms with Crippen LogP contribution in [0.2, 0.25) is 5.02 Å². The summed E-state index contributed by atoms with van der Waals surface area (Å²) in [6.45, 7) is 2.61. The molecule has 18 heavy (non-hydrogen) atoms. The van der Waals surface area contributed by atoms with Crippen LogP contribution in [0, 0.1) is 5.82 Å². The first kappa shape index (κ1) is 12.9. The summed E-state index contributed by atoms with van der Waals surface area (Å²) in [6.07, 6.45) is 3.21. The van der Waals surface area contributed by atoms with Crippen molar-refractivity contribution in [2.75, 3.05) is 0 Å². The van der Waals surface area contributed by atoms with Crippen molar-refractivity contribution in [1.29, 1.82) is 0 Å². The molecule has 3 nitrogen and oxygen atoms in total. The van der Waals surface area contributed by atoms with Gasteiger partial charge in [0, 0.05) is 18.8 Å². The van der Waals surface area contributed by atoms with Crippen LogP contribution < -0.4 is 5.32 Å². The smallest absolute Gasteiger partial charge is 0.141 e. The highest BCUT2D eigenvalue weighted by Crippen LogP contribution is 2.20. The van der Waals surface area contributed by atoms with E-state index in [0.717, 1.165) is 11.3 Å². The Bertz CT molecular complexity index is 519. The Morgan fingerprint density at radius 1 is 1.39 bits per heavy atom. The minimum atomic E-state index is -0.400. The van der Waals surface area contributed by atoms with Crippen molar-refractivity contribution in [3.8, 4) is 0 Å². The quantitative estimate of drug-likeness (QED) is 0.923. The van der Waals surface area contributed by atoms with Crippen LogP contribution in [0.3, 0.4) is 0 Å². The molecule has 2 aromatic rings. The molecular formula is C13H13ClFN3. The molecule has 5 heteroatoms. The van der Waals surface area contributed by atoms with Gasteiger partial charge in [-0.1, -0.05) is 17.7 Å². The van der Waals surface area contributed by atoms with E-state index in [-0.39, 0.29) is 11.1 Å². The maximum Gasteiger partial charge on any atom is 0.141 e. The van der Waals surface area contributed by atoms with Crippen molar-refractivity contribution in [1.82, 2.24) is 15.3 Å². The van der Waals surface area contributed by atoms with Gasteiger partial charge in [0.1, 0.15) is 12.1 Å². The third-order valence-corrected chi connectivity index (χ3v) is 2.97. The van der Waals surface area contributed by atoms with Gasteiger partial charge in [-0.2, -0.15) is 0 Å². The number of benzene rings is 1. The van der Waals surface area contributed by atoms with Gasteiger partial charge in [0.15, 0.2) is 0 Å². The SMILES string of the molecule is CC(NCc1ccncn1)c1ccc(F)c(Cl)c1. The van der Waals surface area contributed by atoms with E-state index in [1.165, 1.54) is 12.4 Å². The molecule has 1 atom stereocenters.